The van der Waals surface area contributed by atoms with Crippen molar-refractivity contribution in [2.24, 2.45) is 0 Å². The van der Waals surface area contributed by atoms with Crippen LogP contribution < -0.4 is 10.2 Å². The molecule has 1 amide bonds. The van der Waals surface area contributed by atoms with E-state index >= 15 is 0 Å². The van der Waals surface area contributed by atoms with Gasteiger partial charge in [-0.25, -0.2) is 4.39 Å². The molecule has 3 nitrogen and oxygen atoms in total. The van der Waals surface area contributed by atoms with E-state index in [9.17, 15) is 22.4 Å². The Hall–Kier alpha value is -2.57. The highest BCUT2D eigenvalue weighted by atomic mass is 19.4. The Morgan fingerprint density at radius 3 is 2.45 bits per heavy atom. The summed E-state index contributed by atoms with van der Waals surface area (Å²) in [7, 11) is 0. The van der Waals surface area contributed by atoms with E-state index in [1.165, 1.54) is 24.5 Å². The van der Waals surface area contributed by atoms with Crippen molar-refractivity contribution in [3.63, 3.8) is 0 Å². The monoisotopic (exact) mass is 406 g/mol. The molecule has 7 heteroatoms. The second kappa shape index (κ2) is 7.69. The van der Waals surface area contributed by atoms with Gasteiger partial charge in [-0.05, 0) is 54.5 Å². The number of alkyl halides is 3. The quantitative estimate of drug-likeness (QED) is 0.733. The largest absolute Gasteiger partial charge is 0.419 e. The number of benzene rings is 2. The van der Waals surface area contributed by atoms with Crippen molar-refractivity contribution in [2.75, 3.05) is 18.0 Å². The predicted octanol–water partition coefficient (Wildman–Crippen LogP) is 4.66. The number of carbonyl (C=O) groups excluding carboxylic acids is 1. The molecule has 1 aliphatic carbocycles. The fourth-order valence-corrected chi connectivity index (χ4v) is 3.83. The number of anilines is 1. The Morgan fingerprint density at radius 1 is 1.07 bits per heavy atom. The number of carbonyl (C=O) groups is 1. The van der Waals surface area contributed by atoms with Crippen LogP contribution in [-0.2, 0) is 17.4 Å². The van der Waals surface area contributed by atoms with Gasteiger partial charge in [0, 0.05) is 24.8 Å². The maximum Gasteiger partial charge on any atom is 0.419 e. The fraction of sp³-hybridized carbons (Fsp3) is 0.409. The SMILES string of the molecule is O=C(Cc1ccc(C2CC2)cc1)NC1CCN(c2ccc(F)c(C(F)(F)F)c2)C1. The molecule has 2 aliphatic rings. The summed E-state index contributed by atoms with van der Waals surface area (Å²) < 4.78 is 52.3. The minimum absolute atomic E-state index is 0.105. The lowest BCUT2D eigenvalue weighted by Gasteiger charge is -2.20. The summed E-state index contributed by atoms with van der Waals surface area (Å²) in [6.07, 6.45) is -1.36. The van der Waals surface area contributed by atoms with Crippen LogP contribution in [0.1, 0.15) is 41.9 Å². The molecule has 0 radical (unpaired) electrons. The van der Waals surface area contributed by atoms with Crippen LogP contribution in [0.25, 0.3) is 0 Å². The first-order valence-electron chi connectivity index (χ1n) is 9.79. The third kappa shape index (κ3) is 4.71. The minimum Gasteiger partial charge on any atom is -0.369 e. The third-order valence-electron chi connectivity index (χ3n) is 5.57. The summed E-state index contributed by atoms with van der Waals surface area (Å²) >= 11 is 0. The molecule has 1 heterocycles. The summed E-state index contributed by atoms with van der Waals surface area (Å²) in [6.45, 7) is 0.902. The van der Waals surface area contributed by atoms with Crippen molar-refractivity contribution < 1.29 is 22.4 Å². The molecule has 29 heavy (non-hydrogen) atoms. The number of hydrogen-bond donors (Lipinski definition) is 1. The normalized spacial score (nSPS) is 19.4. The summed E-state index contributed by atoms with van der Waals surface area (Å²) in [5.74, 6) is -0.712. The molecule has 1 aliphatic heterocycles. The molecule has 1 saturated carbocycles. The van der Waals surface area contributed by atoms with Crippen LogP contribution in [-0.4, -0.2) is 25.0 Å². The molecule has 0 spiro atoms. The standard InChI is InChI=1S/C22H22F4N2O/c23-20-8-7-18(12-19(20)22(24,25)26)28-10-9-17(13-28)27-21(29)11-14-1-3-15(4-2-14)16-5-6-16/h1-4,7-8,12,16-17H,5-6,9-11,13H2,(H,27,29). The van der Waals surface area contributed by atoms with Gasteiger partial charge in [-0.3, -0.25) is 4.79 Å². The lowest BCUT2D eigenvalue weighted by molar-refractivity contribution is -0.140. The van der Waals surface area contributed by atoms with Crippen molar-refractivity contribution in [3.8, 4) is 0 Å². The Kier molecular flexibility index (Phi) is 5.23. The maximum absolute atomic E-state index is 13.5. The summed E-state index contributed by atoms with van der Waals surface area (Å²) in [5.41, 5.74) is 1.30. The number of nitrogens with one attached hydrogen (secondary N) is 1. The first-order valence-corrected chi connectivity index (χ1v) is 9.79. The van der Waals surface area contributed by atoms with Crippen LogP contribution in [0.5, 0.6) is 0 Å². The molecule has 2 aromatic rings. The number of nitrogens with zero attached hydrogens (tertiary/aromatic N) is 1. The average molecular weight is 406 g/mol. The van der Waals surface area contributed by atoms with Crippen LogP contribution in [0.15, 0.2) is 42.5 Å². The van der Waals surface area contributed by atoms with Crippen LogP contribution in [0.4, 0.5) is 23.2 Å². The van der Waals surface area contributed by atoms with Crippen molar-refractivity contribution in [3.05, 3.63) is 65.0 Å². The van der Waals surface area contributed by atoms with E-state index < -0.39 is 17.6 Å². The van der Waals surface area contributed by atoms with E-state index in [4.69, 9.17) is 0 Å². The van der Waals surface area contributed by atoms with Crippen LogP contribution >= 0.6 is 0 Å². The zero-order valence-corrected chi connectivity index (χ0v) is 15.8. The fourth-order valence-electron chi connectivity index (χ4n) is 3.83. The van der Waals surface area contributed by atoms with Gasteiger partial charge >= 0.3 is 6.18 Å². The molecule has 0 aromatic heterocycles. The van der Waals surface area contributed by atoms with E-state index in [0.29, 0.717) is 31.1 Å². The van der Waals surface area contributed by atoms with E-state index in [2.05, 4.69) is 17.4 Å². The van der Waals surface area contributed by atoms with Crippen LogP contribution in [0, 0.1) is 5.82 Å². The molecule has 1 N–H and O–H groups in total. The predicted molar refractivity (Wildman–Crippen MR) is 102 cm³/mol. The van der Waals surface area contributed by atoms with Crippen molar-refractivity contribution in [1.29, 1.82) is 0 Å². The van der Waals surface area contributed by atoms with Gasteiger partial charge in [0.05, 0.1) is 12.0 Å². The highest BCUT2D eigenvalue weighted by molar-refractivity contribution is 5.79. The van der Waals surface area contributed by atoms with Crippen LogP contribution in [0.2, 0.25) is 0 Å². The lowest BCUT2D eigenvalue weighted by Crippen LogP contribution is -2.38. The number of rotatable bonds is 5. The van der Waals surface area contributed by atoms with Crippen molar-refractivity contribution >= 4 is 11.6 Å². The Morgan fingerprint density at radius 2 is 1.79 bits per heavy atom. The number of amides is 1. The van der Waals surface area contributed by atoms with Crippen molar-refractivity contribution in [2.45, 2.75) is 43.8 Å². The van der Waals surface area contributed by atoms with Crippen molar-refractivity contribution in [1.82, 2.24) is 5.32 Å². The molecular formula is C22H22F4N2O. The van der Waals surface area contributed by atoms with Gasteiger partial charge in [0.25, 0.3) is 0 Å². The molecule has 2 aromatic carbocycles. The van der Waals surface area contributed by atoms with Gasteiger partial charge in [-0.15, -0.1) is 0 Å². The number of hydrogen-bond acceptors (Lipinski definition) is 2. The van der Waals surface area contributed by atoms with E-state index in [1.54, 1.807) is 4.90 Å². The summed E-state index contributed by atoms with van der Waals surface area (Å²) in [6, 6.07) is 11.0. The van der Waals surface area contributed by atoms with Gasteiger partial charge in [-0.2, -0.15) is 13.2 Å². The minimum atomic E-state index is -4.73. The molecular weight excluding hydrogens is 384 g/mol. The van der Waals surface area contributed by atoms with E-state index in [1.807, 2.05) is 12.1 Å². The molecule has 1 saturated heterocycles. The smallest absolute Gasteiger partial charge is 0.369 e. The van der Waals surface area contributed by atoms with E-state index in [0.717, 1.165) is 17.7 Å². The van der Waals surface area contributed by atoms with Gasteiger partial charge in [-0.1, -0.05) is 24.3 Å². The highest BCUT2D eigenvalue weighted by Crippen LogP contribution is 2.40. The Labute approximate surface area is 166 Å². The number of halogens is 4. The zero-order chi connectivity index (χ0) is 20.6. The van der Waals surface area contributed by atoms with Crippen LogP contribution in [0.3, 0.4) is 0 Å². The second-order valence-corrected chi connectivity index (χ2v) is 7.85. The molecule has 1 atom stereocenters. The highest BCUT2D eigenvalue weighted by Gasteiger charge is 2.35. The first-order chi connectivity index (χ1) is 13.8. The zero-order valence-electron chi connectivity index (χ0n) is 15.8. The van der Waals surface area contributed by atoms with Gasteiger partial charge in [0.15, 0.2) is 0 Å². The topological polar surface area (TPSA) is 32.3 Å². The first kappa shape index (κ1) is 19.7. The summed E-state index contributed by atoms with van der Waals surface area (Å²) in [4.78, 5) is 14.1. The third-order valence-corrected chi connectivity index (χ3v) is 5.57. The molecule has 4 rings (SSSR count). The average Bonchev–Trinajstić information content (AvgIpc) is 3.41. The Balaban J connectivity index is 1.33. The Bertz CT molecular complexity index is 891. The maximum atomic E-state index is 13.5. The van der Waals surface area contributed by atoms with Gasteiger partial charge < -0.3 is 10.2 Å². The van der Waals surface area contributed by atoms with E-state index in [-0.39, 0.29) is 18.4 Å². The lowest BCUT2D eigenvalue weighted by atomic mass is 10.1. The molecule has 154 valence electrons. The van der Waals surface area contributed by atoms with Gasteiger partial charge in [0.2, 0.25) is 5.91 Å². The second-order valence-electron chi connectivity index (χ2n) is 7.85. The summed E-state index contributed by atoms with van der Waals surface area (Å²) in [5, 5.41) is 2.96. The molecule has 2 fully saturated rings. The van der Waals surface area contributed by atoms with Gasteiger partial charge in [0.1, 0.15) is 5.82 Å². The molecule has 1 unspecified atom stereocenters. The molecule has 0 bridgehead atoms.